The average molecular weight is 429 g/mol. The molecule has 2 aromatic carbocycles. The fourth-order valence-electron chi connectivity index (χ4n) is 2.75. The SMILES string of the molecule is C[C@H](OC(=O)CCNC(=O)c1ccc(C(C)(C)C)cc1)C(=O)NCc1ccc(F)cc1. The van der Waals surface area contributed by atoms with Crippen molar-refractivity contribution in [3.63, 3.8) is 0 Å². The van der Waals surface area contributed by atoms with Crippen LogP contribution in [0, 0.1) is 5.82 Å². The third kappa shape index (κ3) is 7.85. The summed E-state index contributed by atoms with van der Waals surface area (Å²) in [5.74, 6) is -1.68. The quantitative estimate of drug-likeness (QED) is 0.631. The molecule has 0 bridgehead atoms. The molecule has 0 unspecified atom stereocenters. The molecule has 2 amide bonds. The predicted octanol–water partition coefficient (Wildman–Crippen LogP) is 3.49. The lowest BCUT2D eigenvalue weighted by Gasteiger charge is -2.19. The van der Waals surface area contributed by atoms with Crippen molar-refractivity contribution in [3.05, 3.63) is 71.0 Å². The first kappa shape index (κ1) is 24.1. The Morgan fingerprint density at radius 2 is 1.58 bits per heavy atom. The Kier molecular flexibility index (Phi) is 8.30. The molecule has 0 heterocycles. The number of rotatable bonds is 8. The number of ether oxygens (including phenoxy) is 1. The molecule has 0 aromatic heterocycles. The van der Waals surface area contributed by atoms with Gasteiger partial charge in [0.15, 0.2) is 6.10 Å². The maximum atomic E-state index is 12.9. The first-order valence-corrected chi connectivity index (χ1v) is 10.2. The van der Waals surface area contributed by atoms with Gasteiger partial charge in [-0.05, 0) is 47.7 Å². The van der Waals surface area contributed by atoms with Crippen LogP contribution in [0.15, 0.2) is 48.5 Å². The fourth-order valence-corrected chi connectivity index (χ4v) is 2.75. The third-order valence-corrected chi connectivity index (χ3v) is 4.69. The van der Waals surface area contributed by atoms with Gasteiger partial charge in [0.1, 0.15) is 5.82 Å². The number of benzene rings is 2. The van der Waals surface area contributed by atoms with Gasteiger partial charge in [-0.15, -0.1) is 0 Å². The van der Waals surface area contributed by atoms with Crippen molar-refractivity contribution in [1.29, 1.82) is 0 Å². The number of halogens is 1. The zero-order chi connectivity index (χ0) is 23.0. The van der Waals surface area contributed by atoms with E-state index in [-0.39, 0.29) is 36.6 Å². The normalized spacial score (nSPS) is 12.0. The van der Waals surface area contributed by atoms with Crippen molar-refractivity contribution >= 4 is 17.8 Å². The molecule has 166 valence electrons. The molecule has 0 aliphatic heterocycles. The van der Waals surface area contributed by atoms with E-state index in [1.807, 2.05) is 12.1 Å². The number of nitrogens with one attached hydrogen (secondary N) is 2. The molecule has 0 spiro atoms. The molecule has 7 heteroatoms. The lowest BCUT2D eigenvalue weighted by Crippen LogP contribution is -2.36. The summed E-state index contributed by atoms with van der Waals surface area (Å²) in [7, 11) is 0. The fraction of sp³-hybridized carbons (Fsp3) is 0.375. The molecule has 2 rings (SSSR count). The van der Waals surface area contributed by atoms with Crippen LogP contribution >= 0.6 is 0 Å². The molecule has 0 fully saturated rings. The number of esters is 1. The minimum Gasteiger partial charge on any atom is -0.452 e. The Morgan fingerprint density at radius 1 is 0.968 bits per heavy atom. The highest BCUT2D eigenvalue weighted by atomic mass is 19.1. The Labute approximate surface area is 182 Å². The lowest BCUT2D eigenvalue weighted by atomic mass is 9.87. The van der Waals surface area contributed by atoms with Crippen LogP contribution in [0.25, 0.3) is 0 Å². The summed E-state index contributed by atoms with van der Waals surface area (Å²) in [4.78, 5) is 36.2. The van der Waals surface area contributed by atoms with Gasteiger partial charge in [-0.25, -0.2) is 4.39 Å². The van der Waals surface area contributed by atoms with Crippen LogP contribution in [0.1, 0.15) is 55.6 Å². The molecule has 0 radical (unpaired) electrons. The lowest BCUT2D eigenvalue weighted by molar-refractivity contribution is -0.154. The number of carbonyl (C=O) groups excluding carboxylic acids is 3. The predicted molar refractivity (Wildman–Crippen MR) is 116 cm³/mol. The second-order valence-corrected chi connectivity index (χ2v) is 8.31. The van der Waals surface area contributed by atoms with Crippen LogP contribution < -0.4 is 10.6 Å². The van der Waals surface area contributed by atoms with Gasteiger partial charge in [0.25, 0.3) is 11.8 Å². The topological polar surface area (TPSA) is 84.5 Å². The number of hydrogen-bond donors (Lipinski definition) is 2. The first-order chi connectivity index (χ1) is 14.6. The summed E-state index contributed by atoms with van der Waals surface area (Å²) in [5, 5.41) is 5.30. The van der Waals surface area contributed by atoms with E-state index < -0.39 is 18.0 Å². The van der Waals surface area contributed by atoms with Gasteiger partial charge in [-0.2, -0.15) is 0 Å². The summed E-state index contributed by atoms with van der Waals surface area (Å²) < 4.78 is 18.0. The highest BCUT2D eigenvalue weighted by Gasteiger charge is 2.18. The van der Waals surface area contributed by atoms with E-state index in [1.165, 1.54) is 19.1 Å². The standard InChI is InChI=1S/C24H29FN2O4/c1-16(22(29)27-15-17-5-11-20(25)12-6-17)31-21(28)13-14-26-23(30)18-7-9-19(10-8-18)24(2,3)4/h5-12,16H,13-15H2,1-4H3,(H,26,30)(H,27,29)/t16-/m0/s1. The van der Waals surface area contributed by atoms with Gasteiger partial charge in [0, 0.05) is 18.7 Å². The third-order valence-electron chi connectivity index (χ3n) is 4.69. The van der Waals surface area contributed by atoms with Crippen molar-refractivity contribution in [3.8, 4) is 0 Å². The average Bonchev–Trinajstić information content (AvgIpc) is 2.72. The van der Waals surface area contributed by atoms with Crippen LogP contribution in [0.2, 0.25) is 0 Å². The Hall–Kier alpha value is -3.22. The molecule has 31 heavy (non-hydrogen) atoms. The first-order valence-electron chi connectivity index (χ1n) is 10.2. The molecular formula is C24H29FN2O4. The number of amides is 2. The Balaban J connectivity index is 1.71. The second-order valence-electron chi connectivity index (χ2n) is 8.31. The molecule has 0 aliphatic carbocycles. The highest BCUT2D eigenvalue weighted by Crippen LogP contribution is 2.22. The Morgan fingerprint density at radius 3 is 2.16 bits per heavy atom. The van der Waals surface area contributed by atoms with E-state index in [0.29, 0.717) is 5.56 Å². The summed E-state index contributed by atoms with van der Waals surface area (Å²) in [5.41, 5.74) is 2.36. The summed E-state index contributed by atoms with van der Waals surface area (Å²) in [6.45, 7) is 8.05. The van der Waals surface area contributed by atoms with E-state index >= 15 is 0 Å². The molecular weight excluding hydrogens is 399 g/mol. The molecule has 1 atom stereocenters. The molecule has 0 saturated heterocycles. The van der Waals surface area contributed by atoms with Gasteiger partial charge >= 0.3 is 5.97 Å². The van der Waals surface area contributed by atoms with Crippen LogP contribution in [0.4, 0.5) is 4.39 Å². The van der Waals surface area contributed by atoms with E-state index in [0.717, 1.165) is 11.1 Å². The summed E-state index contributed by atoms with van der Waals surface area (Å²) in [6, 6.07) is 13.1. The maximum absolute atomic E-state index is 12.9. The van der Waals surface area contributed by atoms with Crippen LogP contribution in [-0.4, -0.2) is 30.4 Å². The Bertz CT molecular complexity index is 903. The van der Waals surface area contributed by atoms with Crippen LogP contribution in [0.5, 0.6) is 0 Å². The molecule has 0 aliphatic rings. The monoisotopic (exact) mass is 428 g/mol. The second kappa shape index (κ2) is 10.7. The summed E-state index contributed by atoms with van der Waals surface area (Å²) >= 11 is 0. The molecule has 2 aromatic rings. The van der Waals surface area contributed by atoms with Gasteiger partial charge in [0.05, 0.1) is 6.42 Å². The smallest absolute Gasteiger partial charge is 0.308 e. The number of carbonyl (C=O) groups is 3. The maximum Gasteiger partial charge on any atom is 0.308 e. The van der Waals surface area contributed by atoms with Gasteiger partial charge in [-0.3, -0.25) is 14.4 Å². The minimum atomic E-state index is -0.978. The van der Waals surface area contributed by atoms with Crippen molar-refractivity contribution < 1.29 is 23.5 Å². The minimum absolute atomic E-state index is 0.000760. The zero-order valence-electron chi connectivity index (χ0n) is 18.3. The van der Waals surface area contributed by atoms with Gasteiger partial charge in [0.2, 0.25) is 0 Å². The van der Waals surface area contributed by atoms with E-state index in [4.69, 9.17) is 4.74 Å². The van der Waals surface area contributed by atoms with Crippen molar-refractivity contribution in [1.82, 2.24) is 10.6 Å². The zero-order valence-corrected chi connectivity index (χ0v) is 18.3. The van der Waals surface area contributed by atoms with E-state index in [1.54, 1.807) is 24.3 Å². The molecule has 2 N–H and O–H groups in total. The van der Waals surface area contributed by atoms with Gasteiger partial charge < -0.3 is 15.4 Å². The van der Waals surface area contributed by atoms with Crippen LogP contribution in [-0.2, 0) is 26.3 Å². The largest absolute Gasteiger partial charge is 0.452 e. The molecule has 0 saturated carbocycles. The van der Waals surface area contributed by atoms with E-state index in [2.05, 4.69) is 31.4 Å². The van der Waals surface area contributed by atoms with E-state index in [9.17, 15) is 18.8 Å². The molecule has 6 nitrogen and oxygen atoms in total. The highest BCUT2D eigenvalue weighted by molar-refractivity contribution is 5.94. The summed E-state index contributed by atoms with van der Waals surface area (Å²) in [6.07, 6.45) is -1.03. The van der Waals surface area contributed by atoms with Crippen molar-refractivity contribution in [2.24, 2.45) is 0 Å². The van der Waals surface area contributed by atoms with Gasteiger partial charge in [-0.1, -0.05) is 45.0 Å². The van der Waals surface area contributed by atoms with Crippen molar-refractivity contribution in [2.45, 2.75) is 52.2 Å². The van der Waals surface area contributed by atoms with Crippen molar-refractivity contribution in [2.75, 3.05) is 6.54 Å². The number of hydrogen-bond acceptors (Lipinski definition) is 4. The van der Waals surface area contributed by atoms with Crippen LogP contribution in [0.3, 0.4) is 0 Å².